The molecule has 1 fully saturated rings. The number of allylic oxidation sites excluding steroid dienone is 1. The van der Waals surface area contributed by atoms with Gasteiger partial charge in [-0.1, -0.05) is 24.8 Å². The molecule has 0 aliphatic heterocycles. The number of hydrogen-bond acceptors (Lipinski definition) is 1. The van der Waals surface area contributed by atoms with Gasteiger partial charge in [0.05, 0.1) is 0 Å². The van der Waals surface area contributed by atoms with Crippen LogP contribution in [-0.2, 0) is 0 Å². The Balaban J connectivity index is 2.75. The highest BCUT2D eigenvalue weighted by atomic mass is 15.2. The zero-order valence-electron chi connectivity index (χ0n) is 11.1. The van der Waals surface area contributed by atoms with Crippen LogP contribution in [0.3, 0.4) is 0 Å². The average molecular weight is 209 g/mol. The lowest BCUT2D eigenvalue weighted by Crippen LogP contribution is -2.45. The Kier molecular flexibility index (Phi) is 4.24. The molecule has 1 aliphatic carbocycles. The third-order valence-electron chi connectivity index (χ3n) is 3.14. The summed E-state index contributed by atoms with van der Waals surface area (Å²) in [5.74, 6) is 0. The zero-order chi connectivity index (χ0) is 11.5. The van der Waals surface area contributed by atoms with E-state index in [1.807, 2.05) is 0 Å². The Morgan fingerprint density at radius 2 is 1.60 bits per heavy atom. The van der Waals surface area contributed by atoms with Gasteiger partial charge >= 0.3 is 0 Å². The van der Waals surface area contributed by atoms with E-state index in [1.54, 1.807) is 0 Å². The summed E-state index contributed by atoms with van der Waals surface area (Å²) in [5.41, 5.74) is 1.68. The molecule has 0 radical (unpaired) electrons. The first-order chi connectivity index (χ1) is 6.91. The standard InChI is InChI=1S/C14H27N/c1-12(2)11-15(14(3,4)5)13-9-7-6-8-10-13/h11,13H,6-10H2,1-5H3. The molecular formula is C14H27N. The molecule has 0 amide bonds. The van der Waals surface area contributed by atoms with Crippen molar-refractivity contribution in [2.45, 2.75) is 78.3 Å². The van der Waals surface area contributed by atoms with Crippen molar-refractivity contribution in [2.24, 2.45) is 0 Å². The van der Waals surface area contributed by atoms with E-state index < -0.39 is 0 Å². The lowest BCUT2D eigenvalue weighted by Gasteiger charge is -2.43. The van der Waals surface area contributed by atoms with Gasteiger partial charge in [0, 0.05) is 11.6 Å². The van der Waals surface area contributed by atoms with Crippen molar-refractivity contribution < 1.29 is 0 Å². The summed E-state index contributed by atoms with van der Waals surface area (Å²) < 4.78 is 0. The minimum Gasteiger partial charge on any atom is -0.370 e. The topological polar surface area (TPSA) is 3.24 Å². The molecule has 0 bridgehead atoms. The Bertz CT molecular complexity index is 212. The number of nitrogens with zero attached hydrogens (tertiary/aromatic N) is 1. The number of hydrogen-bond donors (Lipinski definition) is 0. The van der Waals surface area contributed by atoms with Crippen molar-refractivity contribution in [3.05, 3.63) is 11.8 Å². The van der Waals surface area contributed by atoms with E-state index in [2.05, 4.69) is 45.7 Å². The summed E-state index contributed by atoms with van der Waals surface area (Å²) in [4.78, 5) is 2.58. The third kappa shape index (κ3) is 3.89. The van der Waals surface area contributed by atoms with Gasteiger partial charge in [-0.15, -0.1) is 0 Å². The molecule has 0 saturated heterocycles. The summed E-state index contributed by atoms with van der Waals surface area (Å²) in [6.07, 6.45) is 9.36. The van der Waals surface area contributed by atoms with E-state index >= 15 is 0 Å². The van der Waals surface area contributed by atoms with Crippen LogP contribution in [0.25, 0.3) is 0 Å². The fourth-order valence-electron chi connectivity index (χ4n) is 2.48. The summed E-state index contributed by atoms with van der Waals surface area (Å²) in [7, 11) is 0. The zero-order valence-corrected chi connectivity index (χ0v) is 11.1. The van der Waals surface area contributed by atoms with E-state index in [-0.39, 0.29) is 5.54 Å². The normalized spacial score (nSPS) is 18.7. The minimum absolute atomic E-state index is 0.263. The Hall–Kier alpha value is -0.460. The summed E-state index contributed by atoms with van der Waals surface area (Å²) in [6.45, 7) is 11.4. The van der Waals surface area contributed by atoms with Gasteiger partial charge < -0.3 is 4.90 Å². The van der Waals surface area contributed by atoms with Crippen LogP contribution >= 0.6 is 0 Å². The van der Waals surface area contributed by atoms with E-state index in [0.717, 1.165) is 6.04 Å². The van der Waals surface area contributed by atoms with Gasteiger partial charge in [-0.25, -0.2) is 0 Å². The Labute approximate surface area is 95.5 Å². The molecule has 0 spiro atoms. The monoisotopic (exact) mass is 209 g/mol. The molecule has 88 valence electrons. The first-order valence-corrected chi connectivity index (χ1v) is 6.35. The average Bonchev–Trinajstić information content (AvgIpc) is 2.14. The van der Waals surface area contributed by atoms with Crippen LogP contribution in [-0.4, -0.2) is 16.5 Å². The maximum atomic E-state index is 2.58. The first kappa shape index (κ1) is 12.6. The maximum Gasteiger partial charge on any atom is 0.0315 e. The predicted molar refractivity (Wildman–Crippen MR) is 67.9 cm³/mol. The summed E-state index contributed by atoms with van der Waals surface area (Å²) in [6, 6.07) is 0.772. The van der Waals surface area contributed by atoms with Crippen LogP contribution in [0.2, 0.25) is 0 Å². The molecule has 0 heterocycles. The van der Waals surface area contributed by atoms with E-state index in [1.165, 1.54) is 37.7 Å². The molecule has 0 unspecified atom stereocenters. The maximum absolute atomic E-state index is 2.58. The van der Waals surface area contributed by atoms with Crippen molar-refractivity contribution >= 4 is 0 Å². The molecule has 0 aromatic rings. The van der Waals surface area contributed by atoms with Crippen LogP contribution in [0.4, 0.5) is 0 Å². The summed E-state index contributed by atoms with van der Waals surface area (Å²) in [5, 5.41) is 0. The van der Waals surface area contributed by atoms with Crippen molar-refractivity contribution in [3.63, 3.8) is 0 Å². The highest BCUT2D eigenvalue weighted by molar-refractivity contribution is 5.00. The molecular weight excluding hydrogens is 182 g/mol. The molecule has 0 aromatic heterocycles. The van der Waals surface area contributed by atoms with Crippen molar-refractivity contribution in [1.29, 1.82) is 0 Å². The van der Waals surface area contributed by atoms with Gasteiger partial charge in [0.25, 0.3) is 0 Å². The molecule has 1 heteroatoms. The van der Waals surface area contributed by atoms with Crippen molar-refractivity contribution in [3.8, 4) is 0 Å². The van der Waals surface area contributed by atoms with Crippen LogP contribution in [0.5, 0.6) is 0 Å². The molecule has 15 heavy (non-hydrogen) atoms. The fraction of sp³-hybridized carbons (Fsp3) is 0.857. The van der Waals surface area contributed by atoms with Gasteiger partial charge in [-0.05, 0) is 53.7 Å². The predicted octanol–water partition coefficient (Wildman–Crippen LogP) is 4.34. The SMILES string of the molecule is CC(C)=CN(C1CCCCC1)C(C)(C)C. The Morgan fingerprint density at radius 1 is 1.07 bits per heavy atom. The molecule has 1 rings (SSSR count). The highest BCUT2D eigenvalue weighted by Gasteiger charge is 2.27. The summed E-state index contributed by atoms with van der Waals surface area (Å²) >= 11 is 0. The van der Waals surface area contributed by atoms with Gasteiger partial charge in [0.15, 0.2) is 0 Å². The first-order valence-electron chi connectivity index (χ1n) is 6.35. The quantitative estimate of drug-likeness (QED) is 0.654. The molecule has 1 saturated carbocycles. The second-order valence-electron chi connectivity index (χ2n) is 6.08. The Morgan fingerprint density at radius 3 is 2.00 bits per heavy atom. The van der Waals surface area contributed by atoms with Gasteiger partial charge in [0.2, 0.25) is 0 Å². The number of rotatable bonds is 2. The molecule has 1 nitrogen and oxygen atoms in total. The molecule has 1 aliphatic rings. The second-order valence-corrected chi connectivity index (χ2v) is 6.08. The lowest BCUT2D eigenvalue weighted by molar-refractivity contribution is 0.115. The molecule has 0 N–H and O–H groups in total. The van der Waals surface area contributed by atoms with Gasteiger partial charge in [0.1, 0.15) is 0 Å². The highest BCUT2D eigenvalue weighted by Crippen LogP contribution is 2.28. The third-order valence-corrected chi connectivity index (χ3v) is 3.14. The van der Waals surface area contributed by atoms with Crippen LogP contribution < -0.4 is 0 Å². The smallest absolute Gasteiger partial charge is 0.0315 e. The lowest BCUT2D eigenvalue weighted by atomic mass is 9.91. The largest absolute Gasteiger partial charge is 0.370 e. The second kappa shape index (κ2) is 5.05. The van der Waals surface area contributed by atoms with Crippen LogP contribution in [0.15, 0.2) is 11.8 Å². The van der Waals surface area contributed by atoms with Crippen LogP contribution in [0.1, 0.15) is 66.7 Å². The van der Waals surface area contributed by atoms with E-state index in [4.69, 9.17) is 0 Å². The van der Waals surface area contributed by atoms with Crippen molar-refractivity contribution in [1.82, 2.24) is 4.90 Å². The molecule has 0 aromatic carbocycles. The minimum atomic E-state index is 0.263. The van der Waals surface area contributed by atoms with Gasteiger partial charge in [-0.3, -0.25) is 0 Å². The van der Waals surface area contributed by atoms with Crippen molar-refractivity contribution in [2.75, 3.05) is 0 Å². The molecule has 0 atom stereocenters. The van der Waals surface area contributed by atoms with Crippen LogP contribution in [0, 0.1) is 0 Å². The van der Waals surface area contributed by atoms with Gasteiger partial charge in [-0.2, -0.15) is 0 Å². The fourth-order valence-corrected chi connectivity index (χ4v) is 2.48. The van der Waals surface area contributed by atoms with E-state index in [0.29, 0.717) is 0 Å². The van der Waals surface area contributed by atoms with E-state index in [9.17, 15) is 0 Å².